The van der Waals surface area contributed by atoms with Gasteiger partial charge in [-0.1, -0.05) is 34.8 Å². The van der Waals surface area contributed by atoms with Crippen LogP contribution in [0.25, 0.3) is 0 Å². The van der Waals surface area contributed by atoms with E-state index in [1.54, 1.807) is 6.07 Å². The van der Waals surface area contributed by atoms with E-state index in [0.29, 0.717) is 5.56 Å². The molecule has 0 aliphatic heterocycles. The zero-order valence-corrected chi connectivity index (χ0v) is 10.4. The van der Waals surface area contributed by atoms with Crippen molar-refractivity contribution in [3.63, 3.8) is 0 Å². The van der Waals surface area contributed by atoms with Gasteiger partial charge in [-0.05, 0) is 31.4 Å². The molecule has 1 saturated carbocycles. The van der Waals surface area contributed by atoms with Gasteiger partial charge in [0.2, 0.25) is 0 Å². The van der Waals surface area contributed by atoms with Crippen LogP contribution >= 0.6 is 15.9 Å². The molecule has 0 heterocycles. The van der Waals surface area contributed by atoms with Gasteiger partial charge in [-0.25, -0.2) is 4.39 Å². The third-order valence-corrected chi connectivity index (χ3v) is 4.30. The van der Waals surface area contributed by atoms with Crippen molar-refractivity contribution in [2.75, 3.05) is 0 Å². The van der Waals surface area contributed by atoms with Crippen molar-refractivity contribution in [3.8, 4) is 0 Å². The second-order valence-corrected chi connectivity index (χ2v) is 5.21. The maximum Gasteiger partial charge on any atom is 0.129 e. The highest BCUT2D eigenvalue weighted by atomic mass is 79.9. The summed E-state index contributed by atoms with van der Waals surface area (Å²) in [5, 5.41) is 0. The predicted molar refractivity (Wildman–Crippen MR) is 63.2 cm³/mol. The highest BCUT2D eigenvalue weighted by Crippen LogP contribution is 2.41. The van der Waals surface area contributed by atoms with E-state index in [-0.39, 0.29) is 5.82 Å². The summed E-state index contributed by atoms with van der Waals surface area (Å²) in [5.41, 5.74) is 7.53. The van der Waals surface area contributed by atoms with E-state index in [9.17, 15) is 4.39 Å². The smallest absolute Gasteiger partial charge is 0.129 e. The van der Waals surface area contributed by atoms with Gasteiger partial charge >= 0.3 is 0 Å². The number of hydrogen-bond donors (Lipinski definition) is 1. The van der Waals surface area contributed by atoms with E-state index >= 15 is 0 Å². The Morgan fingerprint density at radius 1 is 1.33 bits per heavy atom. The van der Waals surface area contributed by atoms with E-state index in [0.717, 1.165) is 35.7 Å². The lowest BCUT2D eigenvalue weighted by Gasteiger charge is -2.26. The van der Waals surface area contributed by atoms with Gasteiger partial charge in [0.15, 0.2) is 0 Å². The lowest BCUT2D eigenvalue weighted by atomic mass is 9.88. The molecule has 1 aliphatic carbocycles. The van der Waals surface area contributed by atoms with Crippen molar-refractivity contribution in [1.29, 1.82) is 0 Å². The van der Waals surface area contributed by atoms with Gasteiger partial charge in [0, 0.05) is 15.6 Å². The van der Waals surface area contributed by atoms with Crippen LogP contribution in [0.3, 0.4) is 0 Å². The Hall–Kier alpha value is -0.410. The van der Waals surface area contributed by atoms with Gasteiger partial charge in [-0.2, -0.15) is 0 Å². The highest BCUT2D eigenvalue weighted by Gasteiger charge is 2.35. The highest BCUT2D eigenvalue weighted by molar-refractivity contribution is 9.10. The van der Waals surface area contributed by atoms with Crippen molar-refractivity contribution in [2.45, 2.75) is 38.1 Å². The number of nitrogens with two attached hydrogens (primary N) is 1. The fourth-order valence-corrected chi connectivity index (χ4v) is 3.09. The minimum absolute atomic E-state index is 0.183. The zero-order valence-electron chi connectivity index (χ0n) is 8.82. The van der Waals surface area contributed by atoms with Crippen molar-refractivity contribution in [1.82, 2.24) is 0 Å². The summed E-state index contributed by atoms with van der Waals surface area (Å²) < 4.78 is 14.7. The molecule has 2 rings (SSSR count). The van der Waals surface area contributed by atoms with E-state index in [1.165, 1.54) is 6.07 Å². The summed E-state index contributed by atoms with van der Waals surface area (Å²) >= 11 is 3.46. The summed E-state index contributed by atoms with van der Waals surface area (Å²) in [4.78, 5) is 0. The van der Waals surface area contributed by atoms with Crippen LogP contribution < -0.4 is 5.73 Å². The Labute approximate surface area is 98.0 Å². The molecule has 3 heteroatoms. The zero-order chi connectivity index (χ0) is 11.1. The molecular weight excluding hydrogens is 257 g/mol. The van der Waals surface area contributed by atoms with Crippen molar-refractivity contribution in [2.24, 2.45) is 5.73 Å². The number of hydrogen-bond acceptors (Lipinski definition) is 1. The number of aryl methyl sites for hydroxylation is 1. The van der Waals surface area contributed by atoms with Crippen LogP contribution in [0.2, 0.25) is 0 Å². The molecule has 0 bridgehead atoms. The van der Waals surface area contributed by atoms with E-state index < -0.39 is 5.54 Å². The molecule has 1 aromatic carbocycles. The third-order valence-electron chi connectivity index (χ3n) is 3.28. The average Bonchev–Trinajstić information content (AvgIpc) is 2.60. The molecule has 0 amide bonds. The maximum absolute atomic E-state index is 13.8. The Bertz CT molecular complexity index is 383. The first-order valence-electron chi connectivity index (χ1n) is 5.28. The second-order valence-electron chi connectivity index (χ2n) is 4.42. The molecule has 82 valence electrons. The Balaban J connectivity index is 2.55. The van der Waals surface area contributed by atoms with Gasteiger partial charge in [-0.3, -0.25) is 0 Å². The predicted octanol–water partition coefficient (Wildman–Crippen LogP) is 3.62. The molecule has 1 aliphatic rings. The molecule has 0 radical (unpaired) electrons. The van der Waals surface area contributed by atoms with E-state index in [4.69, 9.17) is 5.73 Å². The van der Waals surface area contributed by atoms with Crippen molar-refractivity contribution >= 4 is 15.9 Å². The fourth-order valence-electron chi connectivity index (χ4n) is 2.37. The van der Waals surface area contributed by atoms with Crippen LogP contribution in [0.5, 0.6) is 0 Å². The second kappa shape index (κ2) is 3.87. The van der Waals surface area contributed by atoms with Crippen molar-refractivity contribution in [3.05, 3.63) is 33.5 Å². The fraction of sp³-hybridized carbons (Fsp3) is 0.500. The third kappa shape index (κ3) is 1.83. The molecule has 0 aromatic heterocycles. The Kier molecular flexibility index (Phi) is 2.86. The number of rotatable bonds is 1. The Morgan fingerprint density at radius 3 is 2.53 bits per heavy atom. The van der Waals surface area contributed by atoms with Gasteiger partial charge in [0.1, 0.15) is 5.82 Å². The molecular formula is C12H15BrFN. The summed E-state index contributed by atoms with van der Waals surface area (Å²) in [6.45, 7) is 1.96. The summed E-state index contributed by atoms with van der Waals surface area (Å²) in [7, 11) is 0. The molecule has 1 aromatic rings. The minimum Gasteiger partial charge on any atom is -0.321 e. The normalized spacial score (nSPS) is 19.5. The summed E-state index contributed by atoms with van der Waals surface area (Å²) in [6.07, 6.45) is 3.95. The molecule has 0 saturated heterocycles. The van der Waals surface area contributed by atoms with Gasteiger partial charge in [0.25, 0.3) is 0 Å². The van der Waals surface area contributed by atoms with Gasteiger partial charge in [0.05, 0.1) is 0 Å². The van der Waals surface area contributed by atoms with E-state index in [1.807, 2.05) is 6.92 Å². The standard InChI is InChI=1S/C12H15BrFN/c1-8-4-5-9(14)10(11(8)13)12(15)6-2-3-7-12/h4-5H,2-3,6-7,15H2,1H3. The first kappa shape index (κ1) is 11.1. The van der Waals surface area contributed by atoms with Crippen LogP contribution in [0.4, 0.5) is 4.39 Å². The quantitative estimate of drug-likeness (QED) is 0.830. The minimum atomic E-state index is -0.463. The molecule has 1 nitrogen and oxygen atoms in total. The van der Waals surface area contributed by atoms with Crippen LogP contribution in [0.1, 0.15) is 36.8 Å². The first-order valence-corrected chi connectivity index (χ1v) is 6.08. The topological polar surface area (TPSA) is 26.0 Å². The molecule has 2 N–H and O–H groups in total. The molecule has 0 atom stereocenters. The summed E-state index contributed by atoms with van der Waals surface area (Å²) in [6, 6.07) is 3.30. The number of halogens is 2. The van der Waals surface area contributed by atoms with E-state index in [2.05, 4.69) is 15.9 Å². The lowest BCUT2D eigenvalue weighted by molar-refractivity contribution is 0.430. The van der Waals surface area contributed by atoms with Crippen LogP contribution in [0.15, 0.2) is 16.6 Å². The molecule has 1 fully saturated rings. The summed E-state index contributed by atoms with van der Waals surface area (Å²) in [5.74, 6) is -0.183. The average molecular weight is 272 g/mol. The molecule has 0 unspecified atom stereocenters. The van der Waals surface area contributed by atoms with Crippen LogP contribution in [0, 0.1) is 12.7 Å². The molecule has 0 spiro atoms. The largest absolute Gasteiger partial charge is 0.321 e. The van der Waals surface area contributed by atoms with Crippen LogP contribution in [-0.4, -0.2) is 0 Å². The van der Waals surface area contributed by atoms with Crippen LogP contribution in [-0.2, 0) is 5.54 Å². The monoisotopic (exact) mass is 271 g/mol. The SMILES string of the molecule is Cc1ccc(F)c(C2(N)CCCC2)c1Br. The van der Waals surface area contributed by atoms with Crippen molar-refractivity contribution < 1.29 is 4.39 Å². The van der Waals surface area contributed by atoms with Gasteiger partial charge in [-0.15, -0.1) is 0 Å². The lowest BCUT2D eigenvalue weighted by Crippen LogP contribution is -2.34. The number of benzene rings is 1. The first-order chi connectivity index (χ1) is 7.04. The van der Waals surface area contributed by atoms with Gasteiger partial charge < -0.3 is 5.73 Å². The maximum atomic E-state index is 13.8. The Morgan fingerprint density at radius 2 is 1.93 bits per heavy atom. The molecule has 15 heavy (non-hydrogen) atoms.